The summed E-state index contributed by atoms with van der Waals surface area (Å²) < 4.78 is 1.37. The molecule has 8 heteroatoms. The first-order valence-electron chi connectivity index (χ1n) is 5.25. The van der Waals surface area contributed by atoms with Crippen LogP contribution in [0.15, 0.2) is 38.6 Å². The molecule has 0 atom stereocenters. The van der Waals surface area contributed by atoms with Crippen LogP contribution in [0.4, 0.5) is 5.69 Å². The van der Waals surface area contributed by atoms with Crippen molar-refractivity contribution in [1.29, 1.82) is 0 Å². The lowest BCUT2D eigenvalue weighted by molar-refractivity contribution is 0.471. The van der Waals surface area contributed by atoms with E-state index in [1.54, 1.807) is 12.1 Å². The van der Waals surface area contributed by atoms with Gasteiger partial charge in [-0.15, -0.1) is 0 Å². The zero-order valence-electron chi connectivity index (χ0n) is 9.74. The Morgan fingerprint density at radius 2 is 1.85 bits per heavy atom. The van der Waals surface area contributed by atoms with Crippen molar-refractivity contribution in [2.24, 2.45) is 5.10 Å². The first-order valence-corrected chi connectivity index (χ1v) is 7.59. The van der Waals surface area contributed by atoms with Crippen molar-refractivity contribution in [1.82, 2.24) is 4.98 Å². The molecule has 2 rings (SSSR count). The molecular formula is C12H7Br2Cl2N3O. The molecule has 0 unspecified atom stereocenters. The normalized spacial score (nSPS) is 11.0. The molecule has 1 aromatic carbocycles. The van der Waals surface area contributed by atoms with Gasteiger partial charge in [0.05, 0.1) is 26.4 Å². The fraction of sp³-hybridized carbons (Fsp3) is 0. The molecule has 20 heavy (non-hydrogen) atoms. The highest BCUT2D eigenvalue weighted by atomic mass is 79.9. The smallest absolute Gasteiger partial charge is 0.138 e. The van der Waals surface area contributed by atoms with Gasteiger partial charge in [-0.2, -0.15) is 5.10 Å². The predicted molar refractivity (Wildman–Crippen MR) is 89.0 cm³/mol. The Balaban J connectivity index is 2.23. The van der Waals surface area contributed by atoms with Gasteiger partial charge in [0, 0.05) is 22.4 Å². The maximum Gasteiger partial charge on any atom is 0.138 e. The molecule has 0 aliphatic carbocycles. The summed E-state index contributed by atoms with van der Waals surface area (Å²) in [6.07, 6.45) is 4.37. The van der Waals surface area contributed by atoms with Crippen LogP contribution in [0.25, 0.3) is 0 Å². The number of aromatic nitrogens is 1. The van der Waals surface area contributed by atoms with E-state index >= 15 is 0 Å². The monoisotopic (exact) mass is 437 g/mol. The Bertz CT molecular complexity index is 660. The number of aromatic hydroxyl groups is 1. The highest BCUT2D eigenvalue weighted by Gasteiger charge is 2.06. The quantitative estimate of drug-likeness (QED) is 0.519. The lowest BCUT2D eigenvalue weighted by Gasteiger charge is -2.05. The molecule has 0 saturated carbocycles. The lowest BCUT2D eigenvalue weighted by Crippen LogP contribution is -1.94. The predicted octanol–water partition coefficient (Wildman–Crippen LogP) is 5.07. The topological polar surface area (TPSA) is 57.5 Å². The van der Waals surface area contributed by atoms with E-state index in [2.05, 4.69) is 47.4 Å². The summed E-state index contributed by atoms with van der Waals surface area (Å²) in [5, 5.41) is 14.6. The third-order valence-electron chi connectivity index (χ3n) is 2.29. The summed E-state index contributed by atoms with van der Waals surface area (Å²) in [6.45, 7) is 0. The Hall–Kier alpha value is -0.820. The molecule has 0 spiro atoms. The number of hydrogen-bond donors (Lipinski definition) is 2. The van der Waals surface area contributed by atoms with E-state index in [1.807, 2.05) is 0 Å². The largest absolute Gasteiger partial charge is 0.506 e. The summed E-state index contributed by atoms with van der Waals surface area (Å²) in [4.78, 5) is 3.84. The van der Waals surface area contributed by atoms with Crippen LogP contribution in [-0.4, -0.2) is 16.3 Å². The number of nitrogens with zero attached hydrogens (tertiary/aromatic N) is 2. The van der Waals surface area contributed by atoms with E-state index in [0.29, 0.717) is 25.8 Å². The van der Waals surface area contributed by atoms with E-state index in [0.717, 1.165) is 4.47 Å². The second-order valence-electron chi connectivity index (χ2n) is 3.67. The van der Waals surface area contributed by atoms with Crippen LogP contribution in [-0.2, 0) is 0 Å². The molecule has 2 N–H and O–H groups in total. The van der Waals surface area contributed by atoms with Crippen LogP contribution in [0.5, 0.6) is 5.75 Å². The fourth-order valence-electron chi connectivity index (χ4n) is 1.37. The second kappa shape index (κ2) is 6.76. The summed E-state index contributed by atoms with van der Waals surface area (Å²) in [5.41, 5.74) is 3.70. The average Bonchev–Trinajstić information content (AvgIpc) is 2.38. The van der Waals surface area contributed by atoms with Crippen molar-refractivity contribution in [3.05, 3.63) is 49.1 Å². The molecule has 0 amide bonds. The summed E-state index contributed by atoms with van der Waals surface area (Å²) in [5.74, 6) is 0.0886. The van der Waals surface area contributed by atoms with Gasteiger partial charge < -0.3 is 5.11 Å². The molecule has 0 aliphatic rings. The Labute approximate surface area is 142 Å². The number of phenolic OH excluding ortho intramolecular Hbond substituents is 1. The number of anilines is 1. The third kappa shape index (κ3) is 3.63. The number of nitrogens with one attached hydrogen (secondary N) is 1. The van der Waals surface area contributed by atoms with Crippen LogP contribution < -0.4 is 5.43 Å². The number of halogens is 4. The van der Waals surface area contributed by atoms with E-state index < -0.39 is 0 Å². The van der Waals surface area contributed by atoms with Gasteiger partial charge in [0.1, 0.15) is 5.75 Å². The van der Waals surface area contributed by atoms with Gasteiger partial charge in [0.2, 0.25) is 0 Å². The summed E-state index contributed by atoms with van der Waals surface area (Å²) >= 11 is 18.5. The van der Waals surface area contributed by atoms with Crippen LogP contribution in [0.3, 0.4) is 0 Å². The van der Waals surface area contributed by atoms with E-state index in [1.165, 1.54) is 18.6 Å². The van der Waals surface area contributed by atoms with Crippen LogP contribution in [0.2, 0.25) is 10.0 Å². The first-order chi connectivity index (χ1) is 9.49. The zero-order chi connectivity index (χ0) is 14.7. The highest BCUT2D eigenvalue weighted by molar-refractivity contribution is 9.11. The summed E-state index contributed by atoms with van der Waals surface area (Å²) in [7, 11) is 0. The van der Waals surface area contributed by atoms with Crippen LogP contribution >= 0.6 is 55.1 Å². The highest BCUT2D eigenvalue weighted by Crippen LogP contribution is 2.31. The Kier molecular flexibility index (Phi) is 5.26. The number of phenols is 1. The molecule has 1 heterocycles. The number of hydrogen-bond acceptors (Lipinski definition) is 4. The van der Waals surface area contributed by atoms with Gasteiger partial charge in [-0.05, 0) is 28.1 Å². The molecule has 0 fully saturated rings. The second-order valence-corrected chi connectivity index (χ2v) is 6.26. The molecule has 4 nitrogen and oxygen atoms in total. The molecule has 0 saturated heterocycles. The molecule has 0 bridgehead atoms. The lowest BCUT2D eigenvalue weighted by atomic mass is 10.2. The van der Waals surface area contributed by atoms with Crippen LogP contribution in [0.1, 0.15) is 5.56 Å². The van der Waals surface area contributed by atoms with Gasteiger partial charge in [-0.3, -0.25) is 10.4 Å². The van der Waals surface area contributed by atoms with Gasteiger partial charge in [-0.25, -0.2) is 0 Å². The fourth-order valence-corrected chi connectivity index (χ4v) is 3.08. The number of pyridine rings is 1. The van der Waals surface area contributed by atoms with Gasteiger partial charge >= 0.3 is 0 Å². The number of benzene rings is 1. The molecule has 104 valence electrons. The zero-order valence-corrected chi connectivity index (χ0v) is 14.4. The molecular weight excluding hydrogens is 433 g/mol. The maximum atomic E-state index is 9.88. The van der Waals surface area contributed by atoms with Crippen molar-refractivity contribution in [2.45, 2.75) is 0 Å². The molecule has 2 aromatic rings. The Morgan fingerprint density at radius 1 is 1.20 bits per heavy atom. The minimum absolute atomic E-state index is 0.0886. The SMILES string of the molecule is Oc1c(Br)cc(Br)cc1C=NNc1c(Cl)cncc1Cl. The number of hydrazone groups is 1. The molecule has 0 radical (unpaired) electrons. The minimum atomic E-state index is 0.0886. The van der Waals surface area contributed by atoms with Gasteiger partial charge in [0.15, 0.2) is 0 Å². The van der Waals surface area contributed by atoms with Crippen molar-refractivity contribution < 1.29 is 5.11 Å². The average molecular weight is 440 g/mol. The van der Waals surface area contributed by atoms with Crippen LogP contribution in [0, 0.1) is 0 Å². The standard InChI is InChI=1S/C12H7Br2Cl2N3O/c13-7-1-6(12(20)8(14)2-7)3-18-19-11-9(15)4-17-5-10(11)16/h1-5,20H,(H,17,19). The van der Waals surface area contributed by atoms with Gasteiger partial charge in [0.25, 0.3) is 0 Å². The van der Waals surface area contributed by atoms with Crippen molar-refractivity contribution in [3.8, 4) is 5.75 Å². The first kappa shape index (κ1) is 15.6. The molecule has 1 aromatic heterocycles. The molecule has 0 aliphatic heterocycles. The summed E-state index contributed by atoms with van der Waals surface area (Å²) in [6, 6.07) is 3.46. The van der Waals surface area contributed by atoms with E-state index in [9.17, 15) is 5.11 Å². The van der Waals surface area contributed by atoms with Gasteiger partial charge in [-0.1, -0.05) is 39.1 Å². The minimum Gasteiger partial charge on any atom is -0.506 e. The Morgan fingerprint density at radius 3 is 2.50 bits per heavy atom. The van der Waals surface area contributed by atoms with Crippen molar-refractivity contribution in [2.75, 3.05) is 5.43 Å². The van der Waals surface area contributed by atoms with E-state index in [4.69, 9.17) is 23.2 Å². The van der Waals surface area contributed by atoms with Crippen molar-refractivity contribution in [3.63, 3.8) is 0 Å². The van der Waals surface area contributed by atoms with Crippen molar-refractivity contribution >= 4 is 67.0 Å². The maximum absolute atomic E-state index is 9.88. The van der Waals surface area contributed by atoms with E-state index in [-0.39, 0.29) is 5.75 Å². The third-order valence-corrected chi connectivity index (χ3v) is 3.93. The number of rotatable bonds is 3.